The minimum Gasteiger partial charge on any atom is -0.462 e. The molecule has 250 valence electrons. The normalized spacial score (nSPS) is 14.3. The Bertz CT molecular complexity index is 1780. The van der Waals surface area contributed by atoms with Crippen LogP contribution in [-0.4, -0.2) is 43.4 Å². The minimum atomic E-state index is -0.863. The highest BCUT2D eigenvalue weighted by Crippen LogP contribution is 2.40. The predicted molar refractivity (Wildman–Crippen MR) is 187 cm³/mol. The van der Waals surface area contributed by atoms with Crippen LogP contribution < -0.4 is 5.32 Å². The van der Waals surface area contributed by atoms with E-state index < -0.39 is 17.9 Å². The van der Waals surface area contributed by atoms with Gasteiger partial charge in [0.05, 0.1) is 55.1 Å². The number of hydrogen-bond acceptors (Lipinski definition) is 8. The molecule has 1 aliphatic heterocycles. The Balaban J connectivity index is 1.45. The summed E-state index contributed by atoms with van der Waals surface area (Å²) in [5.74, 6) is -2.09. The van der Waals surface area contributed by atoms with Gasteiger partial charge in [-0.25, -0.2) is 9.59 Å². The molecule has 0 spiro atoms. The lowest BCUT2D eigenvalue weighted by Gasteiger charge is -2.32. The molecule has 0 radical (unpaired) electrons. The number of hydrogen-bond donors (Lipinski definition) is 1. The summed E-state index contributed by atoms with van der Waals surface area (Å²) in [6.07, 6.45) is 4.71. The Morgan fingerprint density at radius 1 is 0.878 bits per heavy atom. The van der Waals surface area contributed by atoms with Crippen LogP contribution in [0, 0.1) is 11.3 Å². The molecule has 0 amide bonds. The molecule has 0 saturated heterocycles. The van der Waals surface area contributed by atoms with E-state index in [0.29, 0.717) is 41.4 Å². The van der Waals surface area contributed by atoms with Crippen molar-refractivity contribution in [2.24, 2.45) is 0 Å². The number of pyridine rings is 1. The predicted octanol–water partition coefficient (Wildman–Crippen LogP) is 7.43. The van der Waals surface area contributed by atoms with Crippen molar-refractivity contribution in [2.45, 2.75) is 38.0 Å². The van der Waals surface area contributed by atoms with E-state index in [2.05, 4.69) is 34.6 Å². The molecule has 9 heteroatoms. The summed E-state index contributed by atoms with van der Waals surface area (Å²) in [6, 6.07) is 33.1. The quantitative estimate of drug-likeness (QED) is 0.102. The summed E-state index contributed by atoms with van der Waals surface area (Å²) in [4.78, 5) is 32.0. The minimum absolute atomic E-state index is 0.000445. The molecule has 1 aliphatic rings. The fourth-order valence-corrected chi connectivity index (χ4v) is 6.16. The summed E-state index contributed by atoms with van der Waals surface area (Å²) in [7, 11) is 0. The van der Waals surface area contributed by atoms with Gasteiger partial charge in [-0.1, -0.05) is 90.5 Å². The lowest BCUT2D eigenvalue weighted by atomic mass is 9.80. The summed E-state index contributed by atoms with van der Waals surface area (Å²) in [5, 5.41) is 12.7. The molecular formula is C40H38ClN3O5. The average Bonchev–Trinajstić information content (AvgIpc) is 3.12. The number of ether oxygens (including phenoxy) is 3. The number of halogens is 1. The van der Waals surface area contributed by atoms with Crippen molar-refractivity contribution < 1.29 is 23.8 Å². The molecule has 2 heterocycles. The van der Waals surface area contributed by atoms with Gasteiger partial charge in [0.2, 0.25) is 0 Å². The van der Waals surface area contributed by atoms with Crippen molar-refractivity contribution in [3.63, 3.8) is 0 Å². The summed E-state index contributed by atoms with van der Waals surface area (Å²) < 4.78 is 17.6. The number of carbonyl (C=O) groups excluding carboxylic acids is 2. The molecule has 1 unspecified atom stereocenters. The standard InChI is InChI=1S/C40H38ClN3O5/c1-28-36(39(45)48-22-10-20-42)37(32-16-8-17-33(41)25-32)38(35(44-28)27-47-23-18-29-11-9-21-43-26-29)40(46)49-24-19-34(30-12-4-2-5-13-30)31-14-6-3-7-15-31/h2-9,11-17,21,25-26,34,37,44H,10,18-19,22-24,27H2,1H3. The molecule has 49 heavy (non-hydrogen) atoms. The molecule has 0 aliphatic carbocycles. The van der Waals surface area contributed by atoms with Crippen LogP contribution in [0.15, 0.2) is 132 Å². The largest absolute Gasteiger partial charge is 0.462 e. The highest BCUT2D eigenvalue weighted by molar-refractivity contribution is 6.30. The number of nitriles is 1. The highest BCUT2D eigenvalue weighted by atomic mass is 35.5. The molecule has 0 saturated carbocycles. The van der Waals surface area contributed by atoms with Crippen molar-refractivity contribution in [1.82, 2.24) is 10.3 Å². The number of benzene rings is 3. The number of nitrogens with one attached hydrogen (secondary N) is 1. The molecule has 3 aromatic carbocycles. The third kappa shape index (κ3) is 9.44. The maximum absolute atomic E-state index is 14.3. The maximum Gasteiger partial charge on any atom is 0.336 e. The number of esters is 2. The lowest BCUT2D eigenvalue weighted by molar-refractivity contribution is -0.140. The molecule has 1 N–H and O–H groups in total. The van der Waals surface area contributed by atoms with Crippen molar-refractivity contribution in [1.29, 1.82) is 5.26 Å². The molecule has 1 atom stereocenters. The van der Waals surface area contributed by atoms with E-state index in [1.54, 1.807) is 37.5 Å². The number of allylic oxidation sites excluding steroid dienone is 1. The third-order valence-electron chi connectivity index (χ3n) is 8.26. The Morgan fingerprint density at radius 2 is 1.57 bits per heavy atom. The van der Waals surface area contributed by atoms with Crippen molar-refractivity contribution in [3.8, 4) is 6.07 Å². The first-order valence-electron chi connectivity index (χ1n) is 16.2. The van der Waals surface area contributed by atoms with Crippen molar-refractivity contribution in [3.05, 3.63) is 159 Å². The number of dihydropyridines is 1. The zero-order valence-corrected chi connectivity index (χ0v) is 28.1. The van der Waals surface area contributed by atoms with E-state index in [4.69, 9.17) is 31.1 Å². The van der Waals surface area contributed by atoms with Crippen LogP contribution in [0.25, 0.3) is 0 Å². The Morgan fingerprint density at radius 3 is 2.22 bits per heavy atom. The molecule has 8 nitrogen and oxygen atoms in total. The Kier molecular flexibility index (Phi) is 12.7. The second kappa shape index (κ2) is 17.8. The first kappa shape index (κ1) is 35.1. The van der Waals surface area contributed by atoms with E-state index in [9.17, 15) is 9.59 Å². The third-order valence-corrected chi connectivity index (χ3v) is 8.50. The van der Waals surface area contributed by atoms with E-state index in [0.717, 1.165) is 16.7 Å². The fourth-order valence-electron chi connectivity index (χ4n) is 5.96. The van der Waals surface area contributed by atoms with Gasteiger partial charge in [-0.15, -0.1) is 0 Å². The topological polar surface area (TPSA) is 111 Å². The van der Waals surface area contributed by atoms with Gasteiger partial charge in [0.25, 0.3) is 0 Å². The van der Waals surface area contributed by atoms with Gasteiger partial charge in [0.15, 0.2) is 0 Å². The second-order valence-electron chi connectivity index (χ2n) is 11.6. The van der Waals surface area contributed by atoms with Crippen LogP contribution in [0.2, 0.25) is 5.02 Å². The lowest BCUT2D eigenvalue weighted by Crippen LogP contribution is -2.35. The first-order chi connectivity index (χ1) is 24.0. The zero-order chi connectivity index (χ0) is 34.4. The maximum atomic E-state index is 14.3. The number of rotatable bonds is 15. The van der Waals surface area contributed by atoms with Gasteiger partial charge in [-0.2, -0.15) is 5.26 Å². The van der Waals surface area contributed by atoms with Crippen LogP contribution in [0.4, 0.5) is 0 Å². The van der Waals surface area contributed by atoms with Crippen LogP contribution in [0.5, 0.6) is 0 Å². The average molecular weight is 676 g/mol. The van der Waals surface area contributed by atoms with Crippen LogP contribution >= 0.6 is 11.6 Å². The van der Waals surface area contributed by atoms with E-state index in [1.165, 1.54) is 0 Å². The van der Waals surface area contributed by atoms with Gasteiger partial charge >= 0.3 is 11.9 Å². The van der Waals surface area contributed by atoms with Gasteiger partial charge in [0, 0.05) is 29.0 Å². The van der Waals surface area contributed by atoms with Crippen molar-refractivity contribution in [2.75, 3.05) is 26.4 Å². The van der Waals surface area contributed by atoms with Crippen LogP contribution in [0.3, 0.4) is 0 Å². The van der Waals surface area contributed by atoms with Crippen LogP contribution in [0.1, 0.15) is 53.9 Å². The van der Waals surface area contributed by atoms with Crippen molar-refractivity contribution >= 4 is 23.5 Å². The second-order valence-corrected chi connectivity index (χ2v) is 12.0. The molecular weight excluding hydrogens is 638 g/mol. The summed E-state index contributed by atoms with van der Waals surface area (Å²) >= 11 is 6.44. The number of carbonyl (C=O) groups is 2. The van der Waals surface area contributed by atoms with Crippen LogP contribution in [-0.2, 0) is 30.2 Å². The Hall–Kier alpha value is -5.23. The smallest absolute Gasteiger partial charge is 0.336 e. The number of aromatic nitrogens is 1. The molecule has 0 fully saturated rings. The van der Waals surface area contributed by atoms with E-state index in [-0.39, 0.29) is 43.3 Å². The number of nitrogens with zero attached hydrogens (tertiary/aromatic N) is 2. The van der Waals surface area contributed by atoms with E-state index in [1.807, 2.05) is 60.7 Å². The fraction of sp³-hybridized carbons (Fsp3) is 0.250. The molecule has 4 aromatic rings. The highest BCUT2D eigenvalue weighted by Gasteiger charge is 2.39. The van der Waals surface area contributed by atoms with Gasteiger partial charge in [0.1, 0.15) is 6.61 Å². The molecule has 5 rings (SSSR count). The summed E-state index contributed by atoms with van der Waals surface area (Å²) in [6.45, 7) is 2.23. The monoisotopic (exact) mass is 675 g/mol. The van der Waals surface area contributed by atoms with Gasteiger partial charge in [-0.3, -0.25) is 4.98 Å². The summed E-state index contributed by atoms with van der Waals surface area (Å²) in [5.41, 5.74) is 5.32. The van der Waals surface area contributed by atoms with Gasteiger partial charge < -0.3 is 19.5 Å². The zero-order valence-electron chi connectivity index (χ0n) is 27.3. The van der Waals surface area contributed by atoms with E-state index >= 15 is 0 Å². The SMILES string of the molecule is CC1=C(C(=O)OCCC#N)C(c2cccc(Cl)c2)C(C(=O)OCCC(c2ccccc2)c2ccccc2)=C(COCCc2cccnc2)N1. The first-order valence-corrected chi connectivity index (χ1v) is 16.6. The molecule has 1 aromatic heterocycles. The van der Waals surface area contributed by atoms with Gasteiger partial charge in [-0.05, 0) is 60.2 Å². The Labute approximate surface area is 292 Å². The molecule has 0 bridgehead atoms.